The van der Waals surface area contributed by atoms with Gasteiger partial charge in [-0.25, -0.2) is 9.37 Å². The maximum atomic E-state index is 13.4. The summed E-state index contributed by atoms with van der Waals surface area (Å²) < 4.78 is 13.4. The van der Waals surface area contributed by atoms with Gasteiger partial charge in [0.25, 0.3) is 5.91 Å². The molecule has 5 heteroatoms. The molecule has 2 heterocycles. The molecule has 0 spiro atoms. The number of likely N-dealkylation sites (tertiary alicyclic amines) is 1. The minimum atomic E-state index is -0.477. The minimum absolute atomic E-state index is 0.116. The van der Waals surface area contributed by atoms with Gasteiger partial charge < -0.3 is 10.2 Å². The zero-order valence-electron chi connectivity index (χ0n) is 12.2. The number of nitrogens with one attached hydrogen (secondary N) is 1. The van der Waals surface area contributed by atoms with Crippen molar-refractivity contribution in [3.05, 3.63) is 23.6 Å². The van der Waals surface area contributed by atoms with Gasteiger partial charge in [-0.3, -0.25) is 4.79 Å². The Labute approximate surface area is 119 Å². The number of carbonyl (C=O) groups excluding carboxylic acids is 1. The quantitative estimate of drug-likeness (QED) is 0.925. The van der Waals surface area contributed by atoms with Gasteiger partial charge in [-0.1, -0.05) is 19.8 Å². The summed E-state index contributed by atoms with van der Waals surface area (Å²) in [5.41, 5.74) is 0.327. The van der Waals surface area contributed by atoms with E-state index in [2.05, 4.69) is 17.2 Å². The molecule has 20 heavy (non-hydrogen) atoms. The number of aromatic nitrogens is 1. The number of pyridine rings is 1. The molecule has 0 radical (unpaired) electrons. The molecule has 0 saturated carbocycles. The first kappa shape index (κ1) is 14.8. The fourth-order valence-corrected chi connectivity index (χ4v) is 2.83. The zero-order chi connectivity index (χ0) is 14.5. The van der Waals surface area contributed by atoms with Gasteiger partial charge in [0.2, 0.25) is 0 Å². The van der Waals surface area contributed by atoms with Gasteiger partial charge in [0.05, 0.1) is 11.8 Å². The lowest BCUT2D eigenvalue weighted by Gasteiger charge is -2.29. The van der Waals surface area contributed by atoms with Crippen molar-refractivity contribution in [3.8, 4) is 0 Å². The Balaban J connectivity index is 2.30. The van der Waals surface area contributed by atoms with E-state index < -0.39 is 5.82 Å². The van der Waals surface area contributed by atoms with Crippen molar-refractivity contribution >= 4 is 11.7 Å². The number of hydrogen-bond donors (Lipinski definition) is 1. The first-order valence-corrected chi connectivity index (χ1v) is 7.31. The molecule has 1 saturated heterocycles. The molecule has 4 nitrogen and oxygen atoms in total. The van der Waals surface area contributed by atoms with Gasteiger partial charge in [0.1, 0.15) is 11.6 Å². The van der Waals surface area contributed by atoms with E-state index in [1.807, 2.05) is 4.90 Å². The van der Waals surface area contributed by atoms with Gasteiger partial charge >= 0.3 is 0 Å². The van der Waals surface area contributed by atoms with E-state index in [1.54, 1.807) is 7.05 Å². The van der Waals surface area contributed by atoms with Crippen LogP contribution in [0.5, 0.6) is 0 Å². The number of amides is 1. The first-order valence-electron chi connectivity index (χ1n) is 7.31. The van der Waals surface area contributed by atoms with Gasteiger partial charge in [0, 0.05) is 19.6 Å². The van der Waals surface area contributed by atoms with E-state index in [9.17, 15) is 9.18 Å². The Bertz CT molecular complexity index is 478. The molecule has 0 aromatic carbocycles. The molecule has 2 rings (SSSR count). The van der Waals surface area contributed by atoms with Crippen molar-refractivity contribution in [2.45, 2.75) is 45.1 Å². The highest BCUT2D eigenvalue weighted by Gasteiger charge is 2.27. The van der Waals surface area contributed by atoms with Crippen molar-refractivity contribution in [1.82, 2.24) is 9.88 Å². The van der Waals surface area contributed by atoms with Crippen LogP contribution in [-0.4, -0.2) is 35.4 Å². The van der Waals surface area contributed by atoms with Crippen molar-refractivity contribution in [1.29, 1.82) is 0 Å². The van der Waals surface area contributed by atoms with Crippen molar-refractivity contribution in [3.63, 3.8) is 0 Å². The van der Waals surface area contributed by atoms with Crippen LogP contribution in [0.15, 0.2) is 12.3 Å². The summed E-state index contributed by atoms with van der Waals surface area (Å²) in [6.07, 6.45) is 6.41. The second kappa shape index (κ2) is 6.68. The molecule has 1 aliphatic rings. The van der Waals surface area contributed by atoms with Crippen molar-refractivity contribution in [2.75, 3.05) is 18.9 Å². The van der Waals surface area contributed by atoms with Crippen LogP contribution < -0.4 is 5.32 Å². The highest BCUT2D eigenvalue weighted by atomic mass is 19.1. The predicted octanol–water partition coefficient (Wildman–Crippen LogP) is 3.06. The molecular formula is C15H22FN3O. The highest BCUT2D eigenvalue weighted by molar-refractivity contribution is 5.98. The van der Waals surface area contributed by atoms with Crippen molar-refractivity contribution < 1.29 is 9.18 Å². The van der Waals surface area contributed by atoms with Crippen LogP contribution >= 0.6 is 0 Å². The molecule has 110 valence electrons. The zero-order valence-corrected chi connectivity index (χ0v) is 12.2. The predicted molar refractivity (Wildman–Crippen MR) is 77.3 cm³/mol. The highest BCUT2D eigenvalue weighted by Crippen LogP contribution is 2.23. The Morgan fingerprint density at radius 2 is 2.30 bits per heavy atom. The lowest BCUT2D eigenvalue weighted by atomic mass is 10.1. The number of nitrogens with zero attached hydrogens (tertiary/aromatic N) is 2. The molecule has 1 unspecified atom stereocenters. The van der Waals surface area contributed by atoms with Gasteiger partial charge in [-0.2, -0.15) is 0 Å². The molecule has 0 bridgehead atoms. The standard InChI is InChI=1S/C15H22FN3O/c1-3-12-7-5-4-6-8-19(12)15(20)13-9-11(16)10-18-14(13)17-2/h9-10,12H,3-8H2,1-2H3,(H,17,18). The summed E-state index contributed by atoms with van der Waals surface area (Å²) in [5.74, 6) is -0.152. The average Bonchev–Trinajstić information content (AvgIpc) is 2.71. The third-order valence-corrected chi connectivity index (χ3v) is 3.93. The lowest BCUT2D eigenvalue weighted by Crippen LogP contribution is -2.40. The summed E-state index contributed by atoms with van der Waals surface area (Å²) >= 11 is 0. The van der Waals surface area contributed by atoms with E-state index in [0.717, 1.165) is 44.8 Å². The molecule has 1 atom stereocenters. The summed E-state index contributed by atoms with van der Waals surface area (Å²) in [4.78, 5) is 18.6. The van der Waals surface area contributed by atoms with Crippen molar-refractivity contribution in [2.24, 2.45) is 0 Å². The van der Waals surface area contributed by atoms with Crippen LogP contribution in [0, 0.1) is 5.82 Å². The minimum Gasteiger partial charge on any atom is -0.372 e. The Kier molecular flexibility index (Phi) is 4.93. The van der Waals surface area contributed by atoms with Crippen LogP contribution in [0.3, 0.4) is 0 Å². The fourth-order valence-electron chi connectivity index (χ4n) is 2.83. The van der Waals surface area contributed by atoms with E-state index in [-0.39, 0.29) is 11.9 Å². The smallest absolute Gasteiger partial charge is 0.257 e. The molecule has 0 aliphatic carbocycles. The number of halogens is 1. The van der Waals surface area contributed by atoms with Crippen LogP contribution in [0.25, 0.3) is 0 Å². The van der Waals surface area contributed by atoms with Gasteiger partial charge in [-0.05, 0) is 25.3 Å². The van der Waals surface area contributed by atoms with Crippen LogP contribution in [-0.2, 0) is 0 Å². The molecule has 1 amide bonds. The Morgan fingerprint density at radius 3 is 3.00 bits per heavy atom. The average molecular weight is 279 g/mol. The fraction of sp³-hybridized carbons (Fsp3) is 0.600. The Hall–Kier alpha value is -1.65. The largest absolute Gasteiger partial charge is 0.372 e. The van der Waals surface area contributed by atoms with Gasteiger partial charge in [-0.15, -0.1) is 0 Å². The summed E-state index contributed by atoms with van der Waals surface area (Å²) in [6, 6.07) is 1.52. The first-order chi connectivity index (χ1) is 9.67. The van der Waals surface area contributed by atoms with E-state index >= 15 is 0 Å². The second-order valence-corrected chi connectivity index (χ2v) is 5.21. The lowest BCUT2D eigenvalue weighted by molar-refractivity contribution is 0.0678. The maximum absolute atomic E-state index is 13.4. The SMILES string of the molecule is CCC1CCCCCN1C(=O)c1cc(F)cnc1NC. The van der Waals surface area contributed by atoms with E-state index in [4.69, 9.17) is 0 Å². The summed E-state index contributed by atoms with van der Waals surface area (Å²) in [5, 5.41) is 2.87. The Morgan fingerprint density at radius 1 is 1.50 bits per heavy atom. The van der Waals surface area contributed by atoms with Crippen LogP contribution in [0.4, 0.5) is 10.2 Å². The third kappa shape index (κ3) is 3.08. The monoisotopic (exact) mass is 279 g/mol. The normalized spacial score (nSPS) is 19.6. The third-order valence-electron chi connectivity index (χ3n) is 3.93. The maximum Gasteiger partial charge on any atom is 0.257 e. The number of rotatable bonds is 3. The topological polar surface area (TPSA) is 45.2 Å². The summed E-state index contributed by atoms with van der Waals surface area (Å²) in [6.45, 7) is 2.84. The van der Waals surface area contributed by atoms with E-state index in [1.165, 1.54) is 6.07 Å². The number of hydrogen-bond acceptors (Lipinski definition) is 3. The summed E-state index contributed by atoms with van der Waals surface area (Å²) in [7, 11) is 1.69. The van der Waals surface area contributed by atoms with Crippen LogP contribution in [0.1, 0.15) is 49.4 Å². The number of anilines is 1. The van der Waals surface area contributed by atoms with E-state index in [0.29, 0.717) is 11.4 Å². The molecule has 1 N–H and O–H groups in total. The molecule has 1 aromatic rings. The van der Waals surface area contributed by atoms with Gasteiger partial charge in [0.15, 0.2) is 0 Å². The number of carbonyl (C=O) groups is 1. The second-order valence-electron chi connectivity index (χ2n) is 5.21. The molecule has 1 aromatic heterocycles. The molecule has 1 aliphatic heterocycles. The van der Waals surface area contributed by atoms with Crippen LogP contribution in [0.2, 0.25) is 0 Å². The molecular weight excluding hydrogens is 257 g/mol. The molecule has 1 fully saturated rings.